The van der Waals surface area contributed by atoms with Gasteiger partial charge in [-0.3, -0.25) is 9.78 Å². The highest BCUT2D eigenvalue weighted by molar-refractivity contribution is 7.16. The molecular formula is C28H25N3O5S. The van der Waals surface area contributed by atoms with Crippen LogP contribution in [0.25, 0.3) is 21.3 Å². The Balaban J connectivity index is 1.42. The molecule has 1 fully saturated rings. The summed E-state index contributed by atoms with van der Waals surface area (Å²) in [5, 5.41) is 14.4. The summed E-state index contributed by atoms with van der Waals surface area (Å²) in [6.07, 6.45) is 9.65. The van der Waals surface area contributed by atoms with Gasteiger partial charge < -0.3 is 19.2 Å². The molecule has 6 rings (SSSR count). The third kappa shape index (κ3) is 4.29. The second-order valence-corrected chi connectivity index (χ2v) is 10.5. The lowest BCUT2D eigenvalue weighted by Crippen LogP contribution is -2.19. The Labute approximate surface area is 216 Å². The number of nitrogens with zero attached hydrogens (tertiary/aromatic N) is 3. The fourth-order valence-electron chi connectivity index (χ4n) is 4.92. The van der Waals surface area contributed by atoms with Gasteiger partial charge >= 0.3 is 5.97 Å². The Morgan fingerprint density at radius 3 is 2.84 bits per heavy atom. The number of benzene rings is 1. The number of ether oxygens (including phenoxy) is 1. The average Bonchev–Trinajstić information content (AvgIpc) is 3.66. The number of hydrogen-bond acceptors (Lipinski definition) is 7. The molecule has 0 saturated heterocycles. The lowest BCUT2D eigenvalue weighted by Gasteiger charge is -2.17. The lowest BCUT2D eigenvalue weighted by molar-refractivity contribution is 0.0695. The minimum Gasteiger partial charge on any atom is -0.494 e. The van der Waals surface area contributed by atoms with Crippen molar-refractivity contribution in [2.24, 2.45) is 5.16 Å². The number of fused-ring (bicyclic) bond motifs is 2. The molecule has 9 heteroatoms. The number of hydrogen-bond donors (Lipinski definition) is 1. The SMILES string of the molecule is COc1c(-c2cc3c(s2)CCC/C3=N/OCc2cccnc2)ccc2c(=O)c(C(=O)O)cn(C3CC3)c12. The molecule has 1 N–H and O–H groups in total. The van der Waals surface area contributed by atoms with Crippen LogP contribution in [0.3, 0.4) is 0 Å². The van der Waals surface area contributed by atoms with E-state index in [4.69, 9.17) is 9.57 Å². The maximum absolute atomic E-state index is 13.0. The smallest absolute Gasteiger partial charge is 0.341 e. The normalized spacial score (nSPS) is 16.1. The van der Waals surface area contributed by atoms with E-state index in [2.05, 4.69) is 16.2 Å². The average molecular weight is 516 g/mol. The van der Waals surface area contributed by atoms with E-state index in [1.54, 1.807) is 36.9 Å². The molecule has 2 aliphatic rings. The number of aromatic carboxylic acids is 1. The van der Waals surface area contributed by atoms with Crippen molar-refractivity contribution in [2.45, 2.75) is 44.8 Å². The van der Waals surface area contributed by atoms with Gasteiger partial charge in [-0.25, -0.2) is 4.79 Å². The molecule has 0 radical (unpaired) electrons. The Hall–Kier alpha value is -3.98. The van der Waals surface area contributed by atoms with Crippen LogP contribution in [0.5, 0.6) is 5.75 Å². The Morgan fingerprint density at radius 1 is 1.24 bits per heavy atom. The number of carboxylic acids is 1. The fraction of sp³-hybridized carbons (Fsp3) is 0.286. The Bertz CT molecular complexity index is 1600. The summed E-state index contributed by atoms with van der Waals surface area (Å²) < 4.78 is 7.81. The van der Waals surface area contributed by atoms with Gasteiger partial charge in [-0.15, -0.1) is 11.3 Å². The van der Waals surface area contributed by atoms with Gasteiger partial charge in [-0.1, -0.05) is 11.2 Å². The van der Waals surface area contributed by atoms with Gasteiger partial charge in [0, 0.05) is 51.1 Å². The van der Waals surface area contributed by atoms with E-state index in [0.29, 0.717) is 23.3 Å². The molecule has 0 bridgehead atoms. The van der Waals surface area contributed by atoms with Crippen molar-refractivity contribution in [1.29, 1.82) is 0 Å². The van der Waals surface area contributed by atoms with E-state index >= 15 is 0 Å². The van der Waals surface area contributed by atoms with Crippen LogP contribution >= 0.6 is 11.3 Å². The first-order chi connectivity index (χ1) is 18.0. The van der Waals surface area contributed by atoms with E-state index in [-0.39, 0.29) is 11.6 Å². The second kappa shape index (κ2) is 9.48. The highest BCUT2D eigenvalue weighted by Gasteiger charge is 2.30. The summed E-state index contributed by atoms with van der Waals surface area (Å²) in [5.41, 5.74) is 3.79. The van der Waals surface area contributed by atoms with E-state index in [0.717, 1.165) is 59.4 Å². The molecule has 0 amide bonds. The van der Waals surface area contributed by atoms with Crippen LogP contribution in [0, 0.1) is 0 Å². The van der Waals surface area contributed by atoms with Crippen molar-refractivity contribution in [3.8, 4) is 16.2 Å². The van der Waals surface area contributed by atoms with E-state index in [1.807, 2.05) is 22.8 Å². The summed E-state index contributed by atoms with van der Waals surface area (Å²) in [6.45, 7) is 0.360. The molecule has 8 nitrogen and oxygen atoms in total. The maximum Gasteiger partial charge on any atom is 0.341 e. The number of carboxylic acid groups (broad SMARTS) is 1. The highest BCUT2D eigenvalue weighted by atomic mass is 32.1. The fourth-order valence-corrected chi connectivity index (χ4v) is 6.16. The number of rotatable bonds is 7. The van der Waals surface area contributed by atoms with Gasteiger partial charge in [0.25, 0.3) is 0 Å². The second-order valence-electron chi connectivity index (χ2n) is 9.33. The zero-order valence-corrected chi connectivity index (χ0v) is 21.1. The summed E-state index contributed by atoms with van der Waals surface area (Å²) in [7, 11) is 1.60. The molecule has 0 aliphatic heterocycles. The van der Waals surface area contributed by atoms with Crippen molar-refractivity contribution >= 4 is 33.9 Å². The molecule has 3 aromatic heterocycles. The molecule has 188 valence electrons. The van der Waals surface area contributed by atoms with Gasteiger partial charge in [0.05, 0.1) is 23.7 Å². The first-order valence-corrected chi connectivity index (χ1v) is 13.1. The van der Waals surface area contributed by atoms with E-state index < -0.39 is 11.4 Å². The van der Waals surface area contributed by atoms with Crippen molar-refractivity contribution in [2.75, 3.05) is 7.11 Å². The van der Waals surface area contributed by atoms with Crippen LogP contribution in [0.4, 0.5) is 0 Å². The summed E-state index contributed by atoms with van der Waals surface area (Å²) in [6, 6.07) is 9.70. The van der Waals surface area contributed by atoms with Crippen molar-refractivity contribution in [1.82, 2.24) is 9.55 Å². The molecule has 0 atom stereocenters. The lowest BCUT2D eigenvalue weighted by atomic mass is 9.96. The van der Waals surface area contributed by atoms with Crippen molar-refractivity contribution in [3.05, 3.63) is 80.7 Å². The zero-order valence-electron chi connectivity index (χ0n) is 20.3. The molecule has 37 heavy (non-hydrogen) atoms. The molecule has 0 spiro atoms. The molecule has 4 aromatic rings. The minimum atomic E-state index is -1.21. The molecule has 0 unspecified atom stereocenters. The number of thiophene rings is 1. The molecular weight excluding hydrogens is 490 g/mol. The van der Waals surface area contributed by atoms with Crippen LogP contribution in [-0.4, -0.2) is 33.4 Å². The Kier molecular flexibility index (Phi) is 6.00. The highest BCUT2D eigenvalue weighted by Crippen LogP contribution is 2.45. The van der Waals surface area contributed by atoms with Crippen LogP contribution in [-0.2, 0) is 17.9 Å². The van der Waals surface area contributed by atoms with Crippen molar-refractivity contribution in [3.63, 3.8) is 0 Å². The largest absolute Gasteiger partial charge is 0.494 e. The predicted molar refractivity (Wildman–Crippen MR) is 142 cm³/mol. The van der Waals surface area contributed by atoms with E-state index in [1.165, 1.54) is 11.1 Å². The summed E-state index contributed by atoms with van der Waals surface area (Å²) in [4.78, 5) is 36.8. The zero-order chi connectivity index (χ0) is 25.5. The van der Waals surface area contributed by atoms with Gasteiger partial charge in [0.15, 0.2) is 5.75 Å². The van der Waals surface area contributed by atoms with Gasteiger partial charge in [0.2, 0.25) is 5.43 Å². The number of aromatic nitrogens is 2. The summed E-state index contributed by atoms with van der Waals surface area (Å²) in [5.74, 6) is -0.629. The first-order valence-electron chi connectivity index (χ1n) is 12.3. The third-order valence-electron chi connectivity index (χ3n) is 6.85. The quantitative estimate of drug-likeness (QED) is 0.330. The van der Waals surface area contributed by atoms with Crippen LogP contribution in [0.1, 0.15) is 58.1 Å². The standard InChI is InChI=1S/C28H25N3O5S/c1-35-27-18(9-10-19-25(27)31(17-7-8-17)14-21(26(19)32)28(33)34)24-12-20-22(5-2-6-23(20)37-24)30-36-15-16-4-3-11-29-13-16/h3-4,9-14,17H,2,5-8,15H2,1H3,(H,33,34)/b30-22-. The predicted octanol–water partition coefficient (Wildman–Crippen LogP) is 5.42. The number of oxime groups is 1. The number of carbonyl (C=O) groups is 1. The number of aryl methyl sites for hydroxylation is 1. The Morgan fingerprint density at radius 2 is 2.11 bits per heavy atom. The van der Waals surface area contributed by atoms with Crippen LogP contribution < -0.4 is 10.2 Å². The van der Waals surface area contributed by atoms with Gasteiger partial charge in [0.1, 0.15) is 12.2 Å². The molecule has 2 aliphatic carbocycles. The van der Waals surface area contributed by atoms with Gasteiger partial charge in [-0.05, 0) is 56.4 Å². The third-order valence-corrected chi connectivity index (χ3v) is 8.08. The topological polar surface area (TPSA) is 103 Å². The number of pyridine rings is 2. The maximum atomic E-state index is 13.0. The van der Waals surface area contributed by atoms with Crippen molar-refractivity contribution < 1.29 is 19.5 Å². The monoisotopic (exact) mass is 515 g/mol. The van der Waals surface area contributed by atoms with E-state index in [9.17, 15) is 14.7 Å². The molecule has 1 aromatic carbocycles. The van der Waals surface area contributed by atoms with Crippen LogP contribution in [0.15, 0.2) is 58.9 Å². The summed E-state index contributed by atoms with van der Waals surface area (Å²) >= 11 is 1.69. The molecule has 3 heterocycles. The molecule has 1 saturated carbocycles. The van der Waals surface area contributed by atoms with Gasteiger partial charge in [-0.2, -0.15) is 0 Å². The minimum absolute atomic E-state index is 0.164. The number of methoxy groups -OCH3 is 1. The first kappa shape index (κ1) is 23.4. The van der Waals surface area contributed by atoms with Crippen LogP contribution in [0.2, 0.25) is 0 Å².